The molecule has 0 aromatic heterocycles. The Labute approximate surface area is 153 Å². The van der Waals surface area contributed by atoms with Gasteiger partial charge in [-0.25, -0.2) is 0 Å². The summed E-state index contributed by atoms with van der Waals surface area (Å²) in [5, 5.41) is 2.10. The van der Waals surface area contributed by atoms with Crippen LogP contribution in [0.25, 0.3) is 10.8 Å². The zero-order chi connectivity index (χ0) is 18.5. The van der Waals surface area contributed by atoms with E-state index in [0.717, 1.165) is 16.3 Å². The summed E-state index contributed by atoms with van der Waals surface area (Å²) in [5.74, 6) is -0.526. The molecule has 3 rings (SSSR count). The van der Waals surface area contributed by atoms with Gasteiger partial charge >= 0.3 is 0 Å². The van der Waals surface area contributed by atoms with Crippen LogP contribution in [-0.4, -0.2) is 29.8 Å². The van der Waals surface area contributed by atoms with Crippen molar-refractivity contribution >= 4 is 22.6 Å². The van der Waals surface area contributed by atoms with E-state index >= 15 is 0 Å². The molecule has 0 saturated heterocycles. The van der Waals surface area contributed by atoms with Gasteiger partial charge in [-0.2, -0.15) is 0 Å². The lowest BCUT2D eigenvalue weighted by Crippen LogP contribution is -2.41. The van der Waals surface area contributed by atoms with Crippen LogP contribution >= 0.6 is 0 Å². The number of primary amides is 1. The third kappa shape index (κ3) is 4.09. The van der Waals surface area contributed by atoms with Gasteiger partial charge in [-0.1, -0.05) is 60.7 Å². The maximum atomic E-state index is 13.0. The van der Waals surface area contributed by atoms with Gasteiger partial charge in [0.25, 0.3) is 5.91 Å². The molecular formula is C22H22N2O2. The van der Waals surface area contributed by atoms with Gasteiger partial charge in [-0.15, -0.1) is 0 Å². The first kappa shape index (κ1) is 17.7. The monoisotopic (exact) mass is 346 g/mol. The van der Waals surface area contributed by atoms with Gasteiger partial charge in [0.05, 0.1) is 0 Å². The number of amides is 2. The second-order valence-corrected chi connectivity index (χ2v) is 6.49. The first-order valence-corrected chi connectivity index (χ1v) is 8.63. The first-order chi connectivity index (χ1) is 12.5. The number of fused-ring (bicyclic) bond motifs is 1. The molecule has 0 spiro atoms. The van der Waals surface area contributed by atoms with E-state index in [1.807, 2.05) is 72.8 Å². The van der Waals surface area contributed by atoms with Gasteiger partial charge in [-0.05, 0) is 34.9 Å². The molecule has 1 atom stereocenters. The summed E-state index contributed by atoms with van der Waals surface area (Å²) in [7, 11) is 1.73. The van der Waals surface area contributed by atoms with Crippen LogP contribution in [0, 0.1) is 0 Å². The summed E-state index contributed by atoms with van der Waals surface area (Å²) in [4.78, 5) is 26.1. The number of carbonyl (C=O) groups is 2. The Morgan fingerprint density at radius 3 is 2.27 bits per heavy atom. The average Bonchev–Trinajstić information content (AvgIpc) is 2.66. The highest BCUT2D eigenvalue weighted by Crippen LogP contribution is 2.19. The number of hydrogen-bond donors (Lipinski definition) is 1. The average molecular weight is 346 g/mol. The van der Waals surface area contributed by atoms with Crippen LogP contribution in [0.15, 0.2) is 72.8 Å². The zero-order valence-electron chi connectivity index (χ0n) is 14.8. The summed E-state index contributed by atoms with van der Waals surface area (Å²) in [6.07, 6.45) is 0.713. The van der Waals surface area contributed by atoms with E-state index in [0.29, 0.717) is 12.0 Å². The fraction of sp³-hybridized carbons (Fsp3) is 0.182. The molecule has 1 unspecified atom stereocenters. The van der Waals surface area contributed by atoms with E-state index < -0.39 is 5.91 Å². The lowest BCUT2D eigenvalue weighted by Gasteiger charge is -2.28. The highest BCUT2D eigenvalue weighted by atomic mass is 16.2. The van der Waals surface area contributed by atoms with Crippen molar-refractivity contribution in [1.82, 2.24) is 4.90 Å². The normalized spacial score (nSPS) is 11.9. The van der Waals surface area contributed by atoms with Crippen molar-refractivity contribution in [2.75, 3.05) is 7.05 Å². The Kier molecular flexibility index (Phi) is 5.32. The van der Waals surface area contributed by atoms with Gasteiger partial charge in [0.2, 0.25) is 5.91 Å². The second-order valence-electron chi connectivity index (χ2n) is 6.49. The molecule has 3 aromatic rings. The first-order valence-electron chi connectivity index (χ1n) is 8.63. The van der Waals surface area contributed by atoms with Crippen LogP contribution < -0.4 is 5.73 Å². The van der Waals surface area contributed by atoms with Crippen LogP contribution in [0.1, 0.15) is 22.3 Å². The smallest absolute Gasteiger partial charge is 0.253 e. The molecule has 132 valence electrons. The predicted molar refractivity (Wildman–Crippen MR) is 104 cm³/mol. The van der Waals surface area contributed by atoms with Gasteiger partial charge in [-0.3, -0.25) is 9.59 Å². The SMILES string of the molecule is CN(C(=O)c1ccc2ccccc2c1)C(CC(N)=O)Cc1ccccc1. The molecule has 2 N–H and O–H groups in total. The van der Waals surface area contributed by atoms with Crippen molar-refractivity contribution in [1.29, 1.82) is 0 Å². The largest absolute Gasteiger partial charge is 0.370 e. The molecule has 4 heteroatoms. The topological polar surface area (TPSA) is 63.4 Å². The summed E-state index contributed by atoms with van der Waals surface area (Å²) >= 11 is 0. The molecule has 0 bridgehead atoms. The fourth-order valence-corrected chi connectivity index (χ4v) is 3.16. The van der Waals surface area contributed by atoms with E-state index in [4.69, 9.17) is 5.73 Å². The van der Waals surface area contributed by atoms with Crippen LogP contribution in [-0.2, 0) is 11.2 Å². The number of benzene rings is 3. The van der Waals surface area contributed by atoms with Gasteiger partial charge in [0.15, 0.2) is 0 Å². The van der Waals surface area contributed by atoms with Crippen molar-refractivity contribution in [2.24, 2.45) is 5.73 Å². The molecule has 26 heavy (non-hydrogen) atoms. The van der Waals surface area contributed by atoms with E-state index in [2.05, 4.69) is 0 Å². The summed E-state index contributed by atoms with van der Waals surface area (Å²) < 4.78 is 0. The summed E-state index contributed by atoms with van der Waals surface area (Å²) in [6.45, 7) is 0. The molecule has 0 fully saturated rings. The molecule has 0 saturated carbocycles. The van der Waals surface area contributed by atoms with E-state index in [-0.39, 0.29) is 18.4 Å². The Hall–Kier alpha value is -3.14. The van der Waals surface area contributed by atoms with Crippen molar-refractivity contribution < 1.29 is 9.59 Å². The molecule has 0 aliphatic carbocycles. The Balaban J connectivity index is 1.85. The third-order valence-corrected chi connectivity index (χ3v) is 4.62. The highest BCUT2D eigenvalue weighted by Gasteiger charge is 2.23. The molecule has 3 aromatic carbocycles. The Morgan fingerprint density at radius 1 is 0.923 bits per heavy atom. The van der Waals surface area contributed by atoms with Crippen molar-refractivity contribution in [3.05, 3.63) is 83.9 Å². The molecule has 4 nitrogen and oxygen atoms in total. The molecule has 0 aliphatic rings. The van der Waals surface area contributed by atoms with E-state index in [1.165, 1.54) is 0 Å². The van der Waals surface area contributed by atoms with Crippen LogP contribution in [0.5, 0.6) is 0 Å². The number of hydrogen-bond acceptors (Lipinski definition) is 2. The quantitative estimate of drug-likeness (QED) is 0.743. The molecule has 0 aliphatic heterocycles. The Morgan fingerprint density at radius 2 is 1.58 bits per heavy atom. The highest BCUT2D eigenvalue weighted by molar-refractivity contribution is 5.98. The number of likely N-dealkylation sites (N-methyl/N-ethyl adjacent to an activating group) is 1. The van der Waals surface area contributed by atoms with Crippen molar-refractivity contribution in [3.63, 3.8) is 0 Å². The fourth-order valence-electron chi connectivity index (χ4n) is 3.16. The number of rotatable bonds is 6. The zero-order valence-corrected chi connectivity index (χ0v) is 14.8. The molecule has 0 radical (unpaired) electrons. The number of carbonyl (C=O) groups excluding carboxylic acids is 2. The van der Waals surface area contributed by atoms with E-state index in [9.17, 15) is 9.59 Å². The summed E-state index contributed by atoms with van der Waals surface area (Å²) in [5.41, 5.74) is 7.09. The molecular weight excluding hydrogens is 324 g/mol. The molecule has 0 heterocycles. The standard InChI is InChI=1S/C22H22N2O2/c1-24(20(15-21(23)25)13-16-7-3-2-4-8-16)22(26)19-12-11-17-9-5-6-10-18(17)14-19/h2-12,14,20H,13,15H2,1H3,(H2,23,25). The lowest BCUT2D eigenvalue weighted by molar-refractivity contribution is -0.118. The molecule has 2 amide bonds. The van der Waals surface area contributed by atoms with Gasteiger partial charge < -0.3 is 10.6 Å². The maximum Gasteiger partial charge on any atom is 0.253 e. The van der Waals surface area contributed by atoms with Crippen LogP contribution in [0.4, 0.5) is 0 Å². The van der Waals surface area contributed by atoms with Crippen LogP contribution in [0.2, 0.25) is 0 Å². The van der Waals surface area contributed by atoms with E-state index in [1.54, 1.807) is 11.9 Å². The van der Waals surface area contributed by atoms with Crippen LogP contribution in [0.3, 0.4) is 0 Å². The maximum absolute atomic E-state index is 13.0. The van der Waals surface area contributed by atoms with Gasteiger partial charge in [0.1, 0.15) is 0 Å². The minimum atomic E-state index is -0.413. The lowest BCUT2D eigenvalue weighted by atomic mass is 10.0. The van der Waals surface area contributed by atoms with Gasteiger partial charge in [0, 0.05) is 25.1 Å². The number of nitrogens with two attached hydrogens (primary N) is 1. The third-order valence-electron chi connectivity index (χ3n) is 4.62. The van der Waals surface area contributed by atoms with Crippen molar-refractivity contribution in [2.45, 2.75) is 18.9 Å². The summed E-state index contributed by atoms with van der Waals surface area (Å²) in [6, 6.07) is 23.1. The Bertz CT molecular complexity index is 922. The van der Waals surface area contributed by atoms with Crippen molar-refractivity contribution in [3.8, 4) is 0 Å². The minimum absolute atomic E-state index is 0.113. The minimum Gasteiger partial charge on any atom is -0.370 e. The second kappa shape index (κ2) is 7.83. The number of nitrogens with zero attached hydrogens (tertiary/aromatic N) is 1. The predicted octanol–water partition coefficient (Wildman–Crippen LogP) is 3.40.